The molecule has 0 aromatic heterocycles. The maximum Gasteiger partial charge on any atom is 0.167 e. The average Bonchev–Trinajstić information content (AvgIpc) is 2.83. The van der Waals surface area contributed by atoms with Gasteiger partial charge in [0.15, 0.2) is 5.78 Å². The zero-order valence-electron chi connectivity index (χ0n) is 10.2. The molecule has 0 spiro atoms. The molecular formula is C13H22O3. The van der Waals surface area contributed by atoms with E-state index in [9.17, 15) is 4.79 Å². The standard InChI is InChI=1S/C13H22O3/c1-2-16-13(7-9-15-10-8-13)12(14)11-5-3-4-6-11/h11H,2-10H2,1H3. The molecule has 3 nitrogen and oxygen atoms in total. The van der Waals surface area contributed by atoms with Crippen molar-refractivity contribution in [3.63, 3.8) is 0 Å². The number of rotatable bonds is 4. The minimum atomic E-state index is -0.512. The van der Waals surface area contributed by atoms with Gasteiger partial charge in [-0.05, 0) is 19.8 Å². The van der Waals surface area contributed by atoms with E-state index in [1.165, 1.54) is 12.8 Å². The second-order valence-electron chi connectivity index (χ2n) is 4.89. The van der Waals surface area contributed by atoms with Crippen molar-refractivity contribution in [1.29, 1.82) is 0 Å². The molecule has 1 saturated heterocycles. The Bertz CT molecular complexity index is 232. The van der Waals surface area contributed by atoms with Gasteiger partial charge in [-0.2, -0.15) is 0 Å². The van der Waals surface area contributed by atoms with Crippen molar-refractivity contribution in [2.75, 3.05) is 19.8 Å². The van der Waals surface area contributed by atoms with Crippen LogP contribution in [0.3, 0.4) is 0 Å². The molecule has 1 heterocycles. The van der Waals surface area contributed by atoms with Crippen molar-refractivity contribution in [3.05, 3.63) is 0 Å². The molecule has 16 heavy (non-hydrogen) atoms. The molecule has 1 aliphatic heterocycles. The SMILES string of the molecule is CCOC1(C(=O)C2CCCC2)CCOCC1. The molecule has 2 fully saturated rings. The monoisotopic (exact) mass is 226 g/mol. The van der Waals surface area contributed by atoms with Crippen molar-refractivity contribution in [1.82, 2.24) is 0 Å². The predicted molar refractivity (Wildman–Crippen MR) is 61.4 cm³/mol. The van der Waals surface area contributed by atoms with Crippen LogP contribution in [-0.4, -0.2) is 31.2 Å². The smallest absolute Gasteiger partial charge is 0.167 e. The molecule has 2 rings (SSSR count). The van der Waals surface area contributed by atoms with E-state index in [0.717, 1.165) is 25.7 Å². The van der Waals surface area contributed by atoms with Crippen LogP contribution in [-0.2, 0) is 14.3 Å². The Balaban J connectivity index is 2.07. The lowest BCUT2D eigenvalue weighted by atomic mass is 9.82. The summed E-state index contributed by atoms with van der Waals surface area (Å²) in [5, 5.41) is 0. The second kappa shape index (κ2) is 5.28. The van der Waals surface area contributed by atoms with Crippen LogP contribution in [0.25, 0.3) is 0 Å². The van der Waals surface area contributed by atoms with Gasteiger partial charge in [0.1, 0.15) is 5.60 Å². The fraction of sp³-hybridized carbons (Fsp3) is 0.923. The summed E-state index contributed by atoms with van der Waals surface area (Å²) in [4.78, 5) is 12.5. The van der Waals surface area contributed by atoms with Gasteiger partial charge in [0.25, 0.3) is 0 Å². The Kier molecular flexibility index (Phi) is 3.98. The minimum Gasteiger partial charge on any atom is -0.381 e. The Hall–Kier alpha value is -0.410. The van der Waals surface area contributed by atoms with Gasteiger partial charge in [-0.25, -0.2) is 0 Å². The average molecular weight is 226 g/mol. The molecule has 0 atom stereocenters. The number of ether oxygens (including phenoxy) is 2. The summed E-state index contributed by atoms with van der Waals surface area (Å²) in [6.45, 7) is 3.93. The second-order valence-corrected chi connectivity index (χ2v) is 4.89. The molecule has 0 N–H and O–H groups in total. The molecule has 0 aromatic carbocycles. The van der Waals surface area contributed by atoms with Gasteiger partial charge in [-0.15, -0.1) is 0 Å². The third kappa shape index (κ3) is 2.30. The highest BCUT2D eigenvalue weighted by atomic mass is 16.5. The van der Waals surface area contributed by atoms with Crippen LogP contribution in [0.2, 0.25) is 0 Å². The predicted octanol–water partition coefficient (Wildman–Crippen LogP) is 2.33. The first-order valence-corrected chi connectivity index (χ1v) is 6.54. The highest BCUT2D eigenvalue weighted by Crippen LogP contribution is 2.35. The van der Waals surface area contributed by atoms with Gasteiger partial charge in [0.05, 0.1) is 0 Å². The molecule has 0 bridgehead atoms. The van der Waals surface area contributed by atoms with Crippen LogP contribution in [0.5, 0.6) is 0 Å². The minimum absolute atomic E-state index is 0.254. The fourth-order valence-electron chi connectivity index (χ4n) is 3.00. The van der Waals surface area contributed by atoms with E-state index in [4.69, 9.17) is 9.47 Å². The molecule has 1 saturated carbocycles. The summed E-state index contributed by atoms with van der Waals surface area (Å²) in [5.74, 6) is 0.611. The summed E-state index contributed by atoms with van der Waals surface area (Å²) >= 11 is 0. The van der Waals surface area contributed by atoms with E-state index in [2.05, 4.69) is 0 Å². The lowest BCUT2D eigenvalue weighted by Crippen LogP contribution is -2.48. The first kappa shape index (κ1) is 12.1. The van der Waals surface area contributed by atoms with Crippen molar-refractivity contribution in [2.45, 2.75) is 51.0 Å². The van der Waals surface area contributed by atoms with Crippen molar-refractivity contribution in [3.8, 4) is 0 Å². The highest BCUT2D eigenvalue weighted by molar-refractivity contribution is 5.89. The number of carbonyl (C=O) groups excluding carboxylic acids is 1. The van der Waals surface area contributed by atoms with Crippen LogP contribution in [0.1, 0.15) is 45.4 Å². The van der Waals surface area contributed by atoms with Crippen LogP contribution in [0.4, 0.5) is 0 Å². The molecule has 3 heteroatoms. The van der Waals surface area contributed by atoms with E-state index in [0.29, 0.717) is 25.6 Å². The van der Waals surface area contributed by atoms with Gasteiger partial charge in [0.2, 0.25) is 0 Å². The summed E-state index contributed by atoms with van der Waals surface area (Å²) in [5.41, 5.74) is -0.512. The zero-order chi connectivity index (χ0) is 11.4. The lowest BCUT2D eigenvalue weighted by Gasteiger charge is -2.37. The fourth-order valence-corrected chi connectivity index (χ4v) is 3.00. The van der Waals surface area contributed by atoms with E-state index in [-0.39, 0.29) is 5.92 Å². The number of hydrogen-bond acceptors (Lipinski definition) is 3. The first-order valence-electron chi connectivity index (χ1n) is 6.54. The Morgan fingerprint density at radius 2 is 1.94 bits per heavy atom. The summed E-state index contributed by atoms with van der Waals surface area (Å²) in [6, 6.07) is 0. The van der Waals surface area contributed by atoms with Crippen molar-refractivity contribution < 1.29 is 14.3 Å². The van der Waals surface area contributed by atoms with Gasteiger partial charge in [-0.1, -0.05) is 12.8 Å². The molecule has 0 aromatic rings. The number of carbonyl (C=O) groups is 1. The molecule has 1 aliphatic carbocycles. The number of Topliss-reactive ketones (excluding diaryl/α,β-unsaturated/α-hetero) is 1. The summed E-state index contributed by atoms with van der Waals surface area (Å²) in [6.07, 6.45) is 6.03. The van der Waals surface area contributed by atoms with Crippen LogP contribution in [0, 0.1) is 5.92 Å². The number of ketones is 1. The summed E-state index contributed by atoms with van der Waals surface area (Å²) < 4.78 is 11.2. The maximum atomic E-state index is 12.5. The Morgan fingerprint density at radius 3 is 2.50 bits per heavy atom. The third-order valence-corrected chi connectivity index (χ3v) is 3.90. The van der Waals surface area contributed by atoms with E-state index in [1.54, 1.807) is 0 Å². The topological polar surface area (TPSA) is 35.5 Å². The Labute approximate surface area is 97.5 Å². The van der Waals surface area contributed by atoms with Crippen LogP contribution < -0.4 is 0 Å². The third-order valence-electron chi connectivity index (χ3n) is 3.90. The summed E-state index contributed by atoms with van der Waals surface area (Å²) in [7, 11) is 0. The quantitative estimate of drug-likeness (QED) is 0.738. The van der Waals surface area contributed by atoms with E-state index >= 15 is 0 Å². The van der Waals surface area contributed by atoms with Gasteiger partial charge in [-0.3, -0.25) is 4.79 Å². The molecule has 0 unspecified atom stereocenters. The van der Waals surface area contributed by atoms with Gasteiger partial charge >= 0.3 is 0 Å². The van der Waals surface area contributed by atoms with E-state index < -0.39 is 5.60 Å². The van der Waals surface area contributed by atoms with Crippen LogP contribution in [0.15, 0.2) is 0 Å². The maximum absolute atomic E-state index is 12.5. The van der Waals surface area contributed by atoms with Crippen molar-refractivity contribution in [2.24, 2.45) is 5.92 Å². The Morgan fingerprint density at radius 1 is 1.31 bits per heavy atom. The molecular weight excluding hydrogens is 204 g/mol. The van der Waals surface area contributed by atoms with E-state index in [1.807, 2.05) is 6.92 Å². The first-order chi connectivity index (χ1) is 7.78. The highest BCUT2D eigenvalue weighted by Gasteiger charge is 2.44. The van der Waals surface area contributed by atoms with Crippen molar-refractivity contribution >= 4 is 5.78 Å². The molecule has 92 valence electrons. The van der Waals surface area contributed by atoms with Crippen LogP contribution >= 0.6 is 0 Å². The zero-order valence-corrected chi connectivity index (χ0v) is 10.2. The normalized spacial score (nSPS) is 25.8. The molecule has 0 amide bonds. The largest absolute Gasteiger partial charge is 0.381 e. The van der Waals surface area contributed by atoms with Gasteiger partial charge < -0.3 is 9.47 Å². The lowest BCUT2D eigenvalue weighted by molar-refractivity contribution is -0.161. The molecule has 2 aliphatic rings. The van der Waals surface area contributed by atoms with Gasteiger partial charge in [0, 0.05) is 38.6 Å². The number of hydrogen-bond donors (Lipinski definition) is 0. The molecule has 0 radical (unpaired) electrons.